The van der Waals surface area contributed by atoms with Gasteiger partial charge in [-0.25, -0.2) is 0 Å². The van der Waals surface area contributed by atoms with Crippen molar-refractivity contribution < 1.29 is 0 Å². The Morgan fingerprint density at radius 1 is 1.07 bits per heavy atom. The van der Waals surface area contributed by atoms with Gasteiger partial charge in [0.15, 0.2) is 0 Å². The SMILES string of the molecule is [CH2]C1([CH2])CCN(C2CCNCC2)CC1. The number of hydrogen-bond donors (Lipinski definition) is 1. The second-order valence-electron chi connectivity index (χ2n) is 5.02. The van der Waals surface area contributed by atoms with Crippen molar-refractivity contribution in [1.29, 1.82) is 0 Å². The van der Waals surface area contributed by atoms with Crippen molar-refractivity contribution in [1.82, 2.24) is 10.2 Å². The Balaban J connectivity index is 1.82. The first-order valence-electron chi connectivity index (χ1n) is 5.83. The van der Waals surface area contributed by atoms with Crippen molar-refractivity contribution in [3.63, 3.8) is 0 Å². The minimum absolute atomic E-state index is 0.101. The predicted molar refractivity (Wildman–Crippen MR) is 59.8 cm³/mol. The Morgan fingerprint density at radius 3 is 2.21 bits per heavy atom. The van der Waals surface area contributed by atoms with E-state index < -0.39 is 0 Å². The molecule has 2 heteroatoms. The summed E-state index contributed by atoms with van der Waals surface area (Å²) >= 11 is 0. The van der Waals surface area contributed by atoms with Crippen LogP contribution in [0.1, 0.15) is 25.7 Å². The van der Waals surface area contributed by atoms with Gasteiger partial charge in [0.05, 0.1) is 0 Å². The van der Waals surface area contributed by atoms with Crippen LogP contribution in [0.25, 0.3) is 0 Å². The van der Waals surface area contributed by atoms with E-state index in [4.69, 9.17) is 0 Å². The fraction of sp³-hybridized carbons (Fsp3) is 0.833. The van der Waals surface area contributed by atoms with Gasteiger partial charge in [0.1, 0.15) is 0 Å². The first kappa shape index (κ1) is 10.4. The summed E-state index contributed by atoms with van der Waals surface area (Å²) in [5.41, 5.74) is 0.101. The van der Waals surface area contributed by atoms with Gasteiger partial charge in [0.2, 0.25) is 0 Å². The van der Waals surface area contributed by atoms with Crippen LogP contribution in [0, 0.1) is 19.3 Å². The van der Waals surface area contributed by atoms with Crippen LogP contribution in [-0.4, -0.2) is 37.1 Å². The number of hydrogen-bond acceptors (Lipinski definition) is 2. The molecule has 0 spiro atoms. The monoisotopic (exact) mass is 194 g/mol. The van der Waals surface area contributed by atoms with Crippen LogP contribution in [0.3, 0.4) is 0 Å². The topological polar surface area (TPSA) is 15.3 Å². The van der Waals surface area contributed by atoms with Crippen molar-refractivity contribution >= 4 is 0 Å². The van der Waals surface area contributed by atoms with Gasteiger partial charge < -0.3 is 10.2 Å². The average Bonchev–Trinajstić information content (AvgIpc) is 2.19. The van der Waals surface area contributed by atoms with Crippen molar-refractivity contribution in [2.45, 2.75) is 31.7 Å². The van der Waals surface area contributed by atoms with E-state index in [-0.39, 0.29) is 5.41 Å². The van der Waals surface area contributed by atoms with Crippen LogP contribution in [0.4, 0.5) is 0 Å². The third-order valence-electron chi connectivity index (χ3n) is 3.68. The van der Waals surface area contributed by atoms with E-state index >= 15 is 0 Å². The van der Waals surface area contributed by atoms with Gasteiger partial charge in [0.25, 0.3) is 0 Å². The van der Waals surface area contributed by atoms with Crippen molar-refractivity contribution in [3.8, 4) is 0 Å². The molecule has 2 nitrogen and oxygen atoms in total. The number of likely N-dealkylation sites (tertiary alicyclic amines) is 1. The highest BCUT2D eigenvalue weighted by Gasteiger charge is 2.29. The molecule has 0 aromatic heterocycles. The van der Waals surface area contributed by atoms with E-state index in [9.17, 15) is 0 Å². The molecule has 2 fully saturated rings. The third kappa shape index (κ3) is 2.48. The lowest BCUT2D eigenvalue weighted by atomic mass is 9.82. The zero-order chi connectivity index (χ0) is 10.0. The molecule has 2 aliphatic heterocycles. The maximum absolute atomic E-state index is 4.16. The van der Waals surface area contributed by atoms with Crippen molar-refractivity contribution in [3.05, 3.63) is 13.8 Å². The van der Waals surface area contributed by atoms with E-state index in [1.165, 1.54) is 39.0 Å². The molecule has 14 heavy (non-hydrogen) atoms. The number of nitrogens with zero attached hydrogens (tertiary/aromatic N) is 1. The standard InChI is InChI=1S/C12H22N2/c1-12(2)5-9-14(10-6-12)11-3-7-13-8-4-11/h11,13H,1-10H2. The first-order valence-corrected chi connectivity index (χ1v) is 5.83. The normalized spacial score (nSPS) is 30.4. The van der Waals surface area contributed by atoms with Crippen molar-refractivity contribution in [2.24, 2.45) is 5.41 Å². The van der Waals surface area contributed by atoms with E-state index in [1.54, 1.807) is 0 Å². The number of rotatable bonds is 1. The van der Waals surface area contributed by atoms with E-state index in [1.807, 2.05) is 0 Å². The Kier molecular flexibility index (Phi) is 3.13. The first-order chi connectivity index (χ1) is 6.67. The minimum atomic E-state index is 0.101. The zero-order valence-electron chi connectivity index (χ0n) is 9.10. The van der Waals surface area contributed by atoms with E-state index in [0.29, 0.717) is 0 Å². The summed E-state index contributed by atoms with van der Waals surface area (Å²) in [5, 5.41) is 3.42. The largest absolute Gasteiger partial charge is 0.317 e. The number of piperidine rings is 2. The molecule has 2 aliphatic rings. The summed E-state index contributed by atoms with van der Waals surface area (Å²) in [6.07, 6.45) is 4.97. The van der Waals surface area contributed by atoms with Gasteiger partial charge in [-0.2, -0.15) is 0 Å². The Labute approximate surface area is 88.1 Å². The van der Waals surface area contributed by atoms with Gasteiger partial charge >= 0.3 is 0 Å². The van der Waals surface area contributed by atoms with Crippen LogP contribution in [0.5, 0.6) is 0 Å². The van der Waals surface area contributed by atoms with Crippen LogP contribution >= 0.6 is 0 Å². The summed E-state index contributed by atoms with van der Waals surface area (Å²) in [4.78, 5) is 2.65. The minimum Gasteiger partial charge on any atom is -0.317 e. The number of nitrogens with one attached hydrogen (secondary N) is 1. The van der Waals surface area contributed by atoms with Gasteiger partial charge in [-0.05, 0) is 71.1 Å². The van der Waals surface area contributed by atoms with Crippen LogP contribution < -0.4 is 5.32 Å². The van der Waals surface area contributed by atoms with Gasteiger partial charge in [0, 0.05) is 6.04 Å². The highest BCUT2D eigenvalue weighted by atomic mass is 15.2. The van der Waals surface area contributed by atoms with Crippen LogP contribution in [0.2, 0.25) is 0 Å². The molecule has 0 unspecified atom stereocenters. The second kappa shape index (κ2) is 4.19. The van der Waals surface area contributed by atoms with Crippen molar-refractivity contribution in [2.75, 3.05) is 26.2 Å². The quantitative estimate of drug-likeness (QED) is 0.680. The van der Waals surface area contributed by atoms with Crippen LogP contribution in [-0.2, 0) is 0 Å². The maximum Gasteiger partial charge on any atom is 0.0119 e. The summed E-state index contributed by atoms with van der Waals surface area (Å²) in [6, 6.07) is 0.826. The smallest absolute Gasteiger partial charge is 0.0119 e. The average molecular weight is 194 g/mol. The van der Waals surface area contributed by atoms with Gasteiger partial charge in [-0.1, -0.05) is 0 Å². The molecule has 0 bridgehead atoms. The molecule has 0 atom stereocenters. The predicted octanol–water partition coefficient (Wildman–Crippen LogP) is 1.49. The molecule has 0 saturated carbocycles. The molecule has 2 saturated heterocycles. The van der Waals surface area contributed by atoms with Gasteiger partial charge in [-0.3, -0.25) is 0 Å². The second-order valence-corrected chi connectivity index (χ2v) is 5.02. The molecular formula is C12H22N2. The summed E-state index contributed by atoms with van der Waals surface area (Å²) in [7, 11) is 0. The molecule has 2 rings (SSSR count). The maximum atomic E-state index is 4.16. The zero-order valence-corrected chi connectivity index (χ0v) is 9.10. The fourth-order valence-corrected chi connectivity index (χ4v) is 2.54. The molecule has 2 radical (unpaired) electrons. The van der Waals surface area contributed by atoms with E-state index in [0.717, 1.165) is 18.9 Å². The van der Waals surface area contributed by atoms with Gasteiger partial charge in [-0.15, -0.1) is 0 Å². The van der Waals surface area contributed by atoms with E-state index in [2.05, 4.69) is 24.1 Å². The molecule has 0 aromatic carbocycles. The third-order valence-corrected chi connectivity index (χ3v) is 3.68. The summed E-state index contributed by atoms with van der Waals surface area (Å²) < 4.78 is 0. The lowest BCUT2D eigenvalue weighted by Crippen LogP contribution is -2.47. The Hall–Kier alpha value is -0.0800. The summed E-state index contributed by atoms with van der Waals surface area (Å²) in [6.45, 7) is 13.1. The highest BCUT2D eigenvalue weighted by Crippen LogP contribution is 2.30. The fourth-order valence-electron chi connectivity index (χ4n) is 2.54. The Bertz CT molecular complexity index is 173. The highest BCUT2D eigenvalue weighted by molar-refractivity contribution is 4.92. The summed E-state index contributed by atoms with van der Waals surface area (Å²) in [5.74, 6) is 0. The molecule has 0 aromatic rings. The molecule has 0 aliphatic carbocycles. The molecule has 0 amide bonds. The molecular weight excluding hydrogens is 172 g/mol. The Morgan fingerprint density at radius 2 is 1.64 bits per heavy atom. The lowest BCUT2D eigenvalue weighted by Gasteiger charge is -2.42. The molecule has 80 valence electrons. The molecule has 2 heterocycles. The van der Waals surface area contributed by atoms with Crippen LogP contribution in [0.15, 0.2) is 0 Å². The lowest BCUT2D eigenvalue weighted by molar-refractivity contribution is 0.0996. The molecule has 1 N–H and O–H groups in total.